The van der Waals surface area contributed by atoms with Gasteiger partial charge in [0.2, 0.25) is 0 Å². The Morgan fingerprint density at radius 2 is 1.60 bits per heavy atom. The second-order valence-electron chi connectivity index (χ2n) is 5.57. The number of hydrogen-bond donors (Lipinski definition) is 0. The lowest BCUT2D eigenvalue weighted by Crippen LogP contribution is -2.30. The molecular weight excluding hydrogens is 244 g/mol. The lowest BCUT2D eigenvalue weighted by atomic mass is 10.1. The molecule has 0 aliphatic carbocycles. The van der Waals surface area contributed by atoms with Gasteiger partial charge in [-0.3, -0.25) is 0 Å². The number of benzene rings is 2. The Labute approximate surface area is 119 Å². The van der Waals surface area contributed by atoms with E-state index in [1.54, 1.807) is 0 Å². The van der Waals surface area contributed by atoms with E-state index in [0.29, 0.717) is 0 Å². The highest BCUT2D eigenvalue weighted by molar-refractivity contribution is 6.06. The number of nitrogens with zero attached hydrogens (tertiary/aromatic N) is 2. The summed E-state index contributed by atoms with van der Waals surface area (Å²) in [5.74, 6) is 1.13. The monoisotopic (exact) mass is 262 g/mol. The number of anilines is 1. The molecule has 1 saturated heterocycles. The van der Waals surface area contributed by atoms with Crippen LogP contribution in [-0.2, 0) is 0 Å². The average molecular weight is 262 g/mol. The van der Waals surface area contributed by atoms with Crippen LogP contribution < -0.4 is 4.90 Å². The van der Waals surface area contributed by atoms with Crippen molar-refractivity contribution in [3.05, 3.63) is 48.5 Å². The first kappa shape index (κ1) is 11.7. The van der Waals surface area contributed by atoms with Crippen molar-refractivity contribution in [2.24, 2.45) is 0 Å². The second kappa shape index (κ2) is 4.78. The fraction of sp³-hybridized carbons (Fsp3) is 0.278. The molecular formula is C18H18N2. The minimum Gasteiger partial charge on any atom is -0.357 e. The van der Waals surface area contributed by atoms with Crippen LogP contribution in [0.25, 0.3) is 21.7 Å². The first-order valence-corrected chi connectivity index (χ1v) is 7.45. The van der Waals surface area contributed by atoms with Gasteiger partial charge >= 0.3 is 0 Å². The molecule has 1 aromatic heterocycles. The molecule has 1 aliphatic rings. The maximum Gasteiger partial charge on any atom is 0.129 e. The van der Waals surface area contributed by atoms with Crippen molar-refractivity contribution in [1.29, 1.82) is 0 Å². The molecule has 4 rings (SSSR count). The molecule has 0 N–H and O–H groups in total. The van der Waals surface area contributed by atoms with Crippen molar-refractivity contribution in [2.75, 3.05) is 18.0 Å². The Bertz CT molecular complexity index is 758. The van der Waals surface area contributed by atoms with Crippen molar-refractivity contribution in [3.8, 4) is 0 Å². The summed E-state index contributed by atoms with van der Waals surface area (Å²) >= 11 is 0. The Kier molecular flexibility index (Phi) is 2.80. The smallest absolute Gasteiger partial charge is 0.129 e. The highest BCUT2D eigenvalue weighted by Crippen LogP contribution is 2.27. The number of piperidine rings is 1. The Morgan fingerprint density at radius 3 is 2.50 bits per heavy atom. The molecule has 0 spiro atoms. The standard InChI is InChI=1S/C18H18N2/c1-4-12-20(13-5-1)18-11-9-16-15-7-3-2-6-14(15)8-10-17(16)19-18/h2-3,6-11H,1,4-5,12-13H2. The van der Waals surface area contributed by atoms with Gasteiger partial charge in [0.05, 0.1) is 5.52 Å². The topological polar surface area (TPSA) is 16.1 Å². The van der Waals surface area contributed by atoms with E-state index in [0.717, 1.165) is 24.4 Å². The molecule has 100 valence electrons. The van der Waals surface area contributed by atoms with Gasteiger partial charge in [-0.15, -0.1) is 0 Å². The van der Waals surface area contributed by atoms with Crippen LogP contribution in [-0.4, -0.2) is 18.1 Å². The minimum atomic E-state index is 1.10. The summed E-state index contributed by atoms with van der Waals surface area (Å²) in [5, 5.41) is 3.83. The van der Waals surface area contributed by atoms with E-state index in [1.165, 1.54) is 35.4 Å². The second-order valence-corrected chi connectivity index (χ2v) is 5.57. The fourth-order valence-electron chi connectivity index (χ4n) is 3.17. The number of rotatable bonds is 1. The normalized spacial score (nSPS) is 15.9. The van der Waals surface area contributed by atoms with Gasteiger partial charge < -0.3 is 4.90 Å². The zero-order valence-electron chi connectivity index (χ0n) is 11.5. The van der Waals surface area contributed by atoms with Gasteiger partial charge in [0.1, 0.15) is 5.82 Å². The number of hydrogen-bond acceptors (Lipinski definition) is 2. The zero-order valence-corrected chi connectivity index (χ0v) is 11.5. The predicted octanol–water partition coefficient (Wildman–Crippen LogP) is 4.38. The van der Waals surface area contributed by atoms with E-state index in [9.17, 15) is 0 Å². The lowest BCUT2D eigenvalue weighted by Gasteiger charge is -2.27. The maximum atomic E-state index is 4.87. The van der Waals surface area contributed by atoms with E-state index in [-0.39, 0.29) is 0 Å². The third-order valence-electron chi connectivity index (χ3n) is 4.26. The van der Waals surface area contributed by atoms with Crippen LogP contribution in [0.2, 0.25) is 0 Å². The summed E-state index contributed by atoms with van der Waals surface area (Å²) < 4.78 is 0. The van der Waals surface area contributed by atoms with E-state index >= 15 is 0 Å². The SMILES string of the molecule is c1ccc2c(c1)ccc1nc(N3CCCCC3)ccc12. The van der Waals surface area contributed by atoms with Crippen LogP contribution in [0.4, 0.5) is 5.82 Å². The molecule has 2 nitrogen and oxygen atoms in total. The van der Waals surface area contributed by atoms with Crippen LogP contribution >= 0.6 is 0 Å². The molecule has 0 atom stereocenters. The first-order valence-electron chi connectivity index (χ1n) is 7.45. The number of aromatic nitrogens is 1. The van der Waals surface area contributed by atoms with Gasteiger partial charge in [-0.1, -0.05) is 30.3 Å². The molecule has 1 fully saturated rings. The van der Waals surface area contributed by atoms with Crippen LogP contribution in [0, 0.1) is 0 Å². The third-order valence-corrected chi connectivity index (χ3v) is 4.26. The van der Waals surface area contributed by atoms with Crippen LogP contribution in [0.1, 0.15) is 19.3 Å². The molecule has 3 aromatic rings. The van der Waals surface area contributed by atoms with Gasteiger partial charge in [0.25, 0.3) is 0 Å². The Morgan fingerprint density at radius 1 is 0.750 bits per heavy atom. The van der Waals surface area contributed by atoms with E-state index in [4.69, 9.17) is 4.98 Å². The molecule has 2 heterocycles. The average Bonchev–Trinajstić information content (AvgIpc) is 2.55. The highest BCUT2D eigenvalue weighted by atomic mass is 15.2. The molecule has 2 aromatic carbocycles. The summed E-state index contributed by atoms with van der Waals surface area (Å²) in [4.78, 5) is 7.29. The van der Waals surface area contributed by atoms with Gasteiger partial charge in [-0.2, -0.15) is 0 Å². The molecule has 20 heavy (non-hydrogen) atoms. The summed E-state index contributed by atoms with van der Waals surface area (Å²) in [6.07, 6.45) is 3.93. The minimum absolute atomic E-state index is 1.10. The lowest BCUT2D eigenvalue weighted by molar-refractivity contribution is 0.574. The molecule has 0 bridgehead atoms. The van der Waals surface area contributed by atoms with E-state index in [1.807, 2.05) is 0 Å². The number of pyridine rings is 1. The van der Waals surface area contributed by atoms with Crippen molar-refractivity contribution in [1.82, 2.24) is 4.98 Å². The Balaban J connectivity index is 1.85. The number of fused-ring (bicyclic) bond motifs is 3. The molecule has 0 amide bonds. The van der Waals surface area contributed by atoms with Crippen molar-refractivity contribution < 1.29 is 0 Å². The fourth-order valence-corrected chi connectivity index (χ4v) is 3.17. The van der Waals surface area contributed by atoms with Crippen molar-refractivity contribution in [2.45, 2.75) is 19.3 Å². The third kappa shape index (κ3) is 1.92. The van der Waals surface area contributed by atoms with E-state index < -0.39 is 0 Å². The van der Waals surface area contributed by atoms with Crippen molar-refractivity contribution >= 4 is 27.5 Å². The van der Waals surface area contributed by atoms with Gasteiger partial charge in [0.15, 0.2) is 0 Å². The molecule has 2 heteroatoms. The Hall–Kier alpha value is -2.09. The van der Waals surface area contributed by atoms with Crippen LogP contribution in [0.15, 0.2) is 48.5 Å². The molecule has 1 aliphatic heterocycles. The summed E-state index contributed by atoms with van der Waals surface area (Å²) in [7, 11) is 0. The summed E-state index contributed by atoms with van der Waals surface area (Å²) in [5.41, 5.74) is 1.10. The van der Waals surface area contributed by atoms with Crippen molar-refractivity contribution in [3.63, 3.8) is 0 Å². The molecule has 0 radical (unpaired) electrons. The first-order chi connectivity index (χ1) is 9.92. The van der Waals surface area contributed by atoms with Crippen LogP contribution in [0.5, 0.6) is 0 Å². The summed E-state index contributed by atoms with van der Waals surface area (Å²) in [6, 6.07) is 17.3. The highest BCUT2D eigenvalue weighted by Gasteiger charge is 2.12. The van der Waals surface area contributed by atoms with Crippen LogP contribution in [0.3, 0.4) is 0 Å². The molecule has 0 saturated carbocycles. The largest absolute Gasteiger partial charge is 0.357 e. The summed E-state index contributed by atoms with van der Waals surface area (Å²) in [6.45, 7) is 2.29. The zero-order chi connectivity index (χ0) is 13.4. The predicted molar refractivity (Wildman–Crippen MR) is 85.3 cm³/mol. The molecule has 0 unspecified atom stereocenters. The van der Waals surface area contributed by atoms with Gasteiger partial charge in [-0.05, 0) is 48.2 Å². The van der Waals surface area contributed by atoms with Gasteiger partial charge in [-0.25, -0.2) is 4.98 Å². The maximum absolute atomic E-state index is 4.87. The van der Waals surface area contributed by atoms with E-state index in [2.05, 4.69) is 53.4 Å². The quantitative estimate of drug-likeness (QED) is 0.605. The van der Waals surface area contributed by atoms with Gasteiger partial charge in [0, 0.05) is 18.5 Å².